The van der Waals surface area contributed by atoms with E-state index >= 15 is 0 Å². The summed E-state index contributed by atoms with van der Waals surface area (Å²) in [6.07, 6.45) is 7.65. The average molecular weight is 327 g/mol. The predicted octanol–water partition coefficient (Wildman–Crippen LogP) is 2.92. The first kappa shape index (κ1) is 15.8. The van der Waals surface area contributed by atoms with E-state index in [9.17, 15) is 10.1 Å². The lowest BCUT2D eigenvalue weighted by atomic mass is 9.93. The second-order valence-electron chi connectivity index (χ2n) is 7.54. The van der Waals surface area contributed by atoms with Crippen LogP contribution in [0.5, 0.6) is 0 Å². The Kier molecular flexibility index (Phi) is 4.37. The second kappa shape index (κ2) is 6.65. The molecule has 1 aliphatic heterocycles. The van der Waals surface area contributed by atoms with Crippen LogP contribution in [0, 0.1) is 27.9 Å². The molecule has 0 radical (unpaired) electrons. The van der Waals surface area contributed by atoms with Crippen molar-refractivity contribution in [1.82, 2.24) is 9.80 Å². The van der Waals surface area contributed by atoms with E-state index in [0.29, 0.717) is 0 Å². The van der Waals surface area contributed by atoms with Crippen molar-refractivity contribution < 1.29 is 4.92 Å². The largest absolute Gasteiger partial charge is 0.300 e. The minimum Gasteiger partial charge on any atom is -0.300 e. The summed E-state index contributed by atoms with van der Waals surface area (Å²) in [6.45, 7) is 6.62. The lowest BCUT2D eigenvalue weighted by molar-refractivity contribution is -0.384. The molecule has 1 saturated carbocycles. The Bertz CT molecular complexity index is 620. The third-order valence-electron chi connectivity index (χ3n) is 5.93. The van der Waals surface area contributed by atoms with E-state index in [4.69, 9.17) is 0 Å². The first-order chi connectivity index (χ1) is 11.7. The van der Waals surface area contributed by atoms with Crippen LogP contribution in [0.25, 0.3) is 0 Å². The van der Waals surface area contributed by atoms with Gasteiger partial charge in [-0.05, 0) is 36.2 Å². The monoisotopic (exact) mass is 327 g/mol. The van der Waals surface area contributed by atoms with Crippen molar-refractivity contribution in [3.05, 3.63) is 52.1 Å². The number of benzene rings is 1. The Balaban J connectivity index is 1.24. The van der Waals surface area contributed by atoms with Crippen LogP contribution in [0.2, 0.25) is 0 Å². The molecule has 0 N–H and O–H groups in total. The third-order valence-corrected chi connectivity index (χ3v) is 5.93. The van der Waals surface area contributed by atoms with E-state index in [2.05, 4.69) is 22.0 Å². The minimum absolute atomic E-state index is 0.170. The van der Waals surface area contributed by atoms with Gasteiger partial charge in [0.2, 0.25) is 0 Å². The number of nitro benzene ring substituents is 1. The van der Waals surface area contributed by atoms with Gasteiger partial charge in [-0.2, -0.15) is 0 Å². The zero-order chi connectivity index (χ0) is 16.5. The molecule has 24 heavy (non-hydrogen) atoms. The van der Waals surface area contributed by atoms with Gasteiger partial charge >= 0.3 is 0 Å². The fourth-order valence-electron chi connectivity index (χ4n) is 4.55. The Morgan fingerprint density at radius 1 is 1.00 bits per heavy atom. The Hall–Kier alpha value is -1.72. The van der Waals surface area contributed by atoms with E-state index in [1.165, 1.54) is 19.4 Å². The van der Waals surface area contributed by atoms with Gasteiger partial charge in [0.1, 0.15) is 0 Å². The molecule has 1 aromatic carbocycles. The molecule has 4 rings (SSSR count). The minimum atomic E-state index is -0.340. The van der Waals surface area contributed by atoms with Gasteiger partial charge in [-0.15, -0.1) is 0 Å². The summed E-state index contributed by atoms with van der Waals surface area (Å²) in [5.74, 6) is 2.58. The average Bonchev–Trinajstić information content (AvgIpc) is 3.20. The molecule has 2 bridgehead atoms. The third kappa shape index (κ3) is 3.37. The first-order valence-corrected chi connectivity index (χ1v) is 9.04. The summed E-state index contributed by atoms with van der Waals surface area (Å²) < 4.78 is 0. The van der Waals surface area contributed by atoms with E-state index in [-0.39, 0.29) is 10.6 Å². The van der Waals surface area contributed by atoms with Gasteiger partial charge in [-0.25, -0.2) is 0 Å². The number of nitro groups is 1. The normalized spacial score (nSPS) is 30.1. The number of allylic oxidation sites excluding steroid dienone is 2. The van der Waals surface area contributed by atoms with Gasteiger partial charge in [0.05, 0.1) is 4.92 Å². The number of fused-ring (bicyclic) bond motifs is 2. The molecule has 0 unspecified atom stereocenters. The Morgan fingerprint density at radius 2 is 1.71 bits per heavy atom. The molecule has 3 aliphatic rings. The van der Waals surface area contributed by atoms with E-state index < -0.39 is 0 Å². The van der Waals surface area contributed by atoms with Crippen molar-refractivity contribution >= 4 is 5.69 Å². The molecular formula is C19H25N3O2. The summed E-state index contributed by atoms with van der Waals surface area (Å²) >= 11 is 0. The fourth-order valence-corrected chi connectivity index (χ4v) is 4.55. The van der Waals surface area contributed by atoms with Crippen LogP contribution >= 0.6 is 0 Å². The molecule has 0 spiro atoms. The van der Waals surface area contributed by atoms with Crippen LogP contribution in [-0.2, 0) is 6.54 Å². The molecule has 2 aliphatic carbocycles. The highest BCUT2D eigenvalue weighted by atomic mass is 16.6. The zero-order valence-corrected chi connectivity index (χ0v) is 14.0. The molecule has 5 heteroatoms. The zero-order valence-electron chi connectivity index (χ0n) is 14.0. The number of nitrogens with zero attached hydrogens (tertiary/aromatic N) is 3. The van der Waals surface area contributed by atoms with Gasteiger partial charge in [-0.3, -0.25) is 15.0 Å². The van der Waals surface area contributed by atoms with Gasteiger partial charge in [-0.1, -0.05) is 24.3 Å². The molecule has 5 nitrogen and oxygen atoms in total. The van der Waals surface area contributed by atoms with Crippen LogP contribution in [0.15, 0.2) is 36.4 Å². The van der Waals surface area contributed by atoms with Crippen LogP contribution in [-0.4, -0.2) is 47.4 Å². The topological polar surface area (TPSA) is 49.6 Å². The SMILES string of the molecule is O=[N+]([O-])c1ccc(CN2CCN(C[C@H]3C[C@H]4C=C[C@@H]3C4)CC2)cc1. The maximum Gasteiger partial charge on any atom is 0.269 e. The molecule has 1 saturated heterocycles. The van der Waals surface area contributed by atoms with Crippen LogP contribution in [0.1, 0.15) is 18.4 Å². The van der Waals surface area contributed by atoms with Crippen LogP contribution < -0.4 is 0 Å². The van der Waals surface area contributed by atoms with Crippen molar-refractivity contribution in [2.75, 3.05) is 32.7 Å². The molecule has 0 aromatic heterocycles. The van der Waals surface area contributed by atoms with E-state index in [0.717, 1.165) is 56.0 Å². The smallest absolute Gasteiger partial charge is 0.269 e. The van der Waals surface area contributed by atoms with Crippen molar-refractivity contribution in [2.45, 2.75) is 19.4 Å². The quantitative estimate of drug-likeness (QED) is 0.474. The maximum atomic E-state index is 10.7. The maximum absolute atomic E-state index is 10.7. The lowest BCUT2D eigenvalue weighted by Crippen LogP contribution is -2.47. The van der Waals surface area contributed by atoms with Crippen LogP contribution in [0.4, 0.5) is 5.69 Å². The molecule has 2 fully saturated rings. The van der Waals surface area contributed by atoms with Crippen molar-refractivity contribution in [1.29, 1.82) is 0 Å². The predicted molar refractivity (Wildman–Crippen MR) is 93.7 cm³/mol. The first-order valence-electron chi connectivity index (χ1n) is 9.04. The van der Waals surface area contributed by atoms with Crippen molar-refractivity contribution in [3.63, 3.8) is 0 Å². The highest BCUT2D eigenvalue weighted by Gasteiger charge is 2.36. The number of hydrogen-bond donors (Lipinski definition) is 0. The Labute approximate surface area is 143 Å². The molecule has 0 amide bonds. The summed E-state index contributed by atoms with van der Waals surface area (Å²) in [5.41, 5.74) is 1.33. The van der Waals surface area contributed by atoms with Crippen molar-refractivity contribution in [3.8, 4) is 0 Å². The molecule has 1 aromatic rings. The van der Waals surface area contributed by atoms with Gasteiger partial charge in [0.25, 0.3) is 5.69 Å². The standard InChI is InChI=1S/C19H25N3O2/c23-22(24)19-5-2-15(3-6-19)13-20-7-9-21(10-8-20)14-18-12-16-1-4-17(18)11-16/h1-6,16-18H,7-14H2/t16-,17+,18+/m0/s1. The second-order valence-corrected chi connectivity index (χ2v) is 7.54. The highest BCUT2D eigenvalue weighted by molar-refractivity contribution is 5.32. The number of piperazine rings is 1. The van der Waals surface area contributed by atoms with E-state index in [1.807, 2.05) is 12.1 Å². The molecule has 128 valence electrons. The number of rotatable bonds is 5. The highest BCUT2D eigenvalue weighted by Crippen LogP contribution is 2.43. The van der Waals surface area contributed by atoms with Crippen molar-refractivity contribution in [2.24, 2.45) is 17.8 Å². The summed E-state index contributed by atoms with van der Waals surface area (Å²) in [4.78, 5) is 15.5. The lowest BCUT2D eigenvalue weighted by Gasteiger charge is -2.37. The summed E-state index contributed by atoms with van der Waals surface area (Å²) in [6, 6.07) is 6.97. The summed E-state index contributed by atoms with van der Waals surface area (Å²) in [5, 5.41) is 10.7. The molecule has 3 atom stereocenters. The van der Waals surface area contributed by atoms with Gasteiger partial charge in [0.15, 0.2) is 0 Å². The fraction of sp³-hybridized carbons (Fsp3) is 0.579. The molecular weight excluding hydrogens is 302 g/mol. The molecule has 1 heterocycles. The van der Waals surface area contributed by atoms with E-state index in [1.54, 1.807) is 12.1 Å². The number of hydrogen-bond acceptors (Lipinski definition) is 4. The number of non-ortho nitro benzene ring substituents is 1. The van der Waals surface area contributed by atoms with Gasteiger partial charge in [0, 0.05) is 51.4 Å². The van der Waals surface area contributed by atoms with Crippen LogP contribution in [0.3, 0.4) is 0 Å². The Morgan fingerprint density at radius 3 is 2.29 bits per heavy atom. The van der Waals surface area contributed by atoms with Gasteiger partial charge < -0.3 is 4.90 Å². The summed E-state index contributed by atoms with van der Waals surface area (Å²) in [7, 11) is 0.